The molecule has 0 bridgehead atoms. The summed E-state index contributed by atoms with van der Waals surface area (Å²) in [5, 5.41) is 0. The first-order chi connectivity index (χ1) is 9.02. The third-order valence-electron chi connectivity index (χ3n) is 3.11. The minimum absolute atomic E-state index is 0.145. The topological polar surface area (TPSA) is 54.5 Å². The molecule has 0 radical (unpaired) electrons. The molecule has 0 unspecified atom stereocenters. The van der Waals surface area contributed by atoms with Crippen LogP contribution in [0.4, 0.5) is 5.69 Å². The summed E-state index contributed by atoms with van der Waals surface area (Å²) in [7, 11) is 0. The maximum absolute atomic E-state index is 11.9. The van der Waals surface area contributed by atoms with Crippen LogP contribution in [0.5, 0.6) is 0 Å². The molecule has 0 atom stereocenters. The number of unbranched alkanes of at least 4 members (excludes halogenated alkanes) is 1. The molecule has 19 heavy (non-hydrogen) atoms. The van der Waals surface area contributed by atoms with Crippen molar-refractivity contribution in [3.8, 4) is 0 Å². The molecule has 0 N–H and O–H groups in total. The number of carbonyl (C=O) groups is 3. The first-order valence-corrected chi connectivity index (χ1v) is 6.96. The third kappa shape index (κ3) is 2.76. The quantitative estimate of drug-likeness (QED) is 0.618. The van der Waals surface area contributed by atoms with E-state index in [2.05, 4.69) is 15.9 Å². The van der Waals surface area contributed by atoms with Gasteiger partial charge in [0.25, 0.3) is 11.7 Å². The molecule has 0 saturated heterocycles. The molecule has 1 amide bonds. The maximum atomic E-state index is 11.9. The van der Waals surface area contributed by atoms with Crippen molar-refractivity contribution in [3.05, 3.63) is 28.2 Å². The van der Waals surface area contributed by atoms with E-state index >= 15 is 0 Å². The summed E-state index contributed by atoms with van der Waals surface area (Å²) in [5.74, 6) is -0.800. The SMILES string of the molecule is CC(=O)CCCCN1C(=O)C(=O)c2c(Br)cccc21. The molecular weight excluding hydrogens is 310 g/mol. The van der Waals surface area contributed by atoms with Gasteiger partial charge in [-0.3, -0.25) is 9.59 Å². The molecule has 1 aromatic rings. The Morgan fingerprint density at radius 1 is 1.26 bits per heavy atom. The van der Waals surface area contributed by atoms with E-state index in [9.17, 15) is 14.4 Å². The molecule has 0 saturated carbocycles. The molecule has 100 valence electrons. The lowest BCUT2D eigenvalue weighted by Crippen LogP contribution is -2.30. The monoisotopic (exact) mass is 323 g/mol. The summed E-state index contributed by atoms with van der Waals surface area (Å²) in [4.78, 5) is 36.2. The summed E-state index contributed by atoms with van der Waals surface area (Å²) in [6.07, 6.45) is 1.96. The van der Waals surface area contributed by atoms with Crippen LogP contribution in [-0.2, 0) is 9.59 Å². The Bertz CT molecular complexity index is 554. The molecule has 0 spiro atoms. The first-order valence-electron chi connectivity index (χ1n) is 6.16. The second kappa shape index (κ2) is 5.65. The largest absolute Gasteiger partial charge is 0.305 e. The number of Topliss-reactive ketones (excluding diaryl/α,β-unsaturated/α-hetero) is 2. The van der Waals surface area contributed by atoms with Crippen LogP contribution < -0.4 is 4.90 Å². The van der Waals surface area contributed by atoms with Gasteiger partial charge < -0.3 is 9.69 Å². The van der Waals surface area contributed by atoms with Gasteiger partial charge in [-0.25, -0.2) is 0 Å². The van der Waals surface area contributed by atoms with Crippen molar-refractivity contribution in [2.45, 2.75) is 26.2 Å². The van der Waals surface area contributed by atoms with Gasteiger partial charge >= 0.3 is 0 Å². The Morgan fingerprint density at radius 3 is 2.68 bits per heavy atom. The molecule has 0 aliphatic carbocycles. The zero-order valence-corrected chi connectivity index (χ0v) is 12.2. The number of halogens is 1. The molecule has 1 heterocycles. The van der Waals surface area contributed by atoms with Crippen LogP contribution in [0, 0.1) is 0 Å². The number of hydrogen-bond donors (Lipinski definition) is 0. The molecule has 1 aromatic carbocycles. The van der Waals surface area contributed by atoms with Crippen LogP contribution in [0.2, 0.25) is 0 Å². The van der Waals surface area contributed by atoms with Crippen molar-refractivity contribution in [1.29, 1.82) is 0 Å². The summed E-state index contributed by atoms with van der Waals surface area (Å²) in [5.41, 5.74) is 1.10. The van der Waals surface area contributed by atoms with E-state index in [0.29, 0.717) is 35.1 Å². The van der Waals surface area contributed by atoms with Gasteiger partial charge in [-0.15, -0.1) is 0 Å². The summed E-state index contributed by atoms with van der Waals surface area (Å²) in [6.45, 7) is 2.03. The predicted molar refractivity (Wildman–Crippen MR) is 75.4 cm³/mol. The number of hydrogen-bond acceptors (Lipinski definition) is 3. The Kier molecular flexibility index (Phi) is 4.14. The summed E-state index contributed by atoms with van der Waals surface area (Å²) < 4.78 is 0.648. The average Bonchev–Trinajstić information content (AvgIpc) is 2.60. The van der Waals surface area contributed by atoms with Crippen LogP contribution in [0.1, 0.15) is 36.5 Å². The molecule has 2 rings (SSSR count). The van der Waals surface area contributed by atoms with E-state index in [0.717, 1.165) is 6.42 Å². The van der Waals surface area contributed by atoms with E-state index in [1.807, 2.05) is 0 Å². The second-order valence-corrected chi connectivity index (χ2v) is 5.43. The van der Waals surface area contributed by atoms with Gasteiger partial charge in [-0.1, -0.05) is 6.07 Å². The van der Waals surface area contributed by atoms with Gasteiger partial charge in [0.15, 0.2) is 0 Å². The van der Waals surface area contributed by atoms with Crippen molar-refractivity contribution in [1.82, 2.24) is 0 Å². The standard InChI is InChI=1S/C14H14BrNO3/c1-9(17)5-2-3-8-16-11-7-4-6-10(15)12(11)13(18)14(16)19/h4,6-7H,2-3,5,8H2,1H3. The fraction of sp³-hybridized carbons (Fsp3) is 0.357. The molecule has 1 aliphatic rings. The molecule has 0 fully saturated rings. The molecule has 5 heteroatoms. The van der Waals surface area contributed by atoms with Gasteiger partial charge in [-0.2, -0.15) is 0 Å². The summed E-state index contributed by atoms with van der Waals surface area (Å²) in [6, 6.07) is 5.33. The zero-order chi connectivity index (χ0) is 14.0. The second-order valence-electron chi connectivity index (χ2n) is 4.58. The number of benzene rings is 1. The van der Waals surface area contributed by atoms with E-state index < -0.39 is 11.7 Å². The van der Waals surface area contributed by atoms with Gasteiger partial charge in [0, 0.05) is 17.4 Å². The Labute approximate surface area is 119 Å². The summed E-state index contributed by atoms with van der Waals surface area (Å²) >= 11 is 3.30. The molecular formula is C14H14BrNO3. The molecule has 0 aromatic heterocycles. The van der Waals surface area contributed by atoms with Crippen LogP contribution >= 0.6 is 15.9 Å². The van der Waals surface area contributed by atoms with Crippen molar-refractivity contribution < 1.29 is 14.4 Å². The Hall–Kier alpha value is -1.49. The lowest BCUT2D eigenvalue weighted by atomic mass is 10.1. The zero-order valence-electron chi connectivity index (χ0n) is 10.6. The third-order valence-corrected chi connectivity index (χ3v) is 3.77. The first kappa shape index (κ1) is 13.9. The number of ketones is 2. The highest BCUT2D eigenvalue weighted by Crippen LogP contribution is 2.34. The van der Waals surface area contributed by atoms with Gasteiger partial charge in [0.2, 0.25) is 0 Å². The Morgan fingerprint density at radius 2 is 2.00 bits per heavy atom. The number of rotatable bonds is 5. The van der Waals surface area contributed by atoms with Crippen molar-refractivity contribution >= 4 is 39.1 Å². The highest BCUT2D eigenvalue weighted by Gasteiger charge is 2.36. The van der Waals surface area contributed by atoms with E-state index in [1.54, 1.807) is 25.1 Å². The lowest BCUT2D eigenvalue weighted by molar-refractivity contribution is -0.117. The van der Waals surface area contributed by atoms with Crippen molar-refractivity contribution in [2.75, 3.05) is 11.4 Å². The number of fused-ring (bicyclic) bond motifs is 1. The number of carbonyl (C=O) groups excluding carboxylic acids is 3. The highest BCUT2D eigenvalue weighted by atomic mass is 79.9. The average molecular weight is 324 g/mol. The number of nitrogens with zero attached hydrogens (tertiary/aromatic N) is 1. The molecule has 1 aliphatic heterocycles. The van der Waals surface area contributed by atoms with Crippen LogP contribution in [0.3, 0.4) is 0 Å². The lowest BCUT2D eigenvalue weighted by Gasteiger charge is -2.16. The Balaban J connectivity index is 2.11. The number of anilines is 1. The van der Waals surface area contributed by atoms with Crippen LogP contribution in [0.25, 0.3) is 0 Å². The predicted octanol–water partition coefficient (Wildman–Crippen LogP) is 2.74. The highest BCUT2D eigenvalue weighted by molar-refractivity contribution is 9.10. The van der Waals surface area contributed by atoms with E-state index in [1.165, 1.54) is 4.90 Å². The minimum atomic E-state index is -0.482. The van der Waals surface area contributed by atoms with E-state index in [-0.39, 0.29) is 5.78 Å². The molecule has 4 nitrogen and oxygen atoms in total. The van der Waals surface area contributed by atoms with Gasteiger partial charge in [0.05, 0.1) is 11.3 Å². The minimum Gasteiger partial charge on any atom is -0.305 e. The van der Waals surface area contributed by atoms with Crippen molar-refractivity contribution in [3.63, 3.8) is 0 Å². The maximum Gasteiger partial charge on any atom is 0.299 e. The normalized spacial score (nSPS) is 13.9. The van der Waals surface area contributed by atoms with Crippen molar-refractivity contribution in [2.24, 2.45) is 0 Å². The van der Waals surface area contributed by atoms with Gasteiger partial charge in [0.1, 0.15) is 5.78 Å². The van der Waals surface area contributed by atoms with Crippen LogP contribution in [0.15, 0.2) is 22.7 Å². The smallest absolute Gasteiger partial charge is 0.299 e. The van der Waals surface area contributed by atoms with Gasteiger partial charge in [-0.05, 0) is 47.8 Å². The fourth-order valence-electron chi connectivity index (χ4n) is 2.17. The fourth-order valence-corrected chi connectivity index (χ4v) is 2.70. The number of amides is 1. The van der Waals surface area contributed by atoms with E-state index in [4.69, 9.17) is 0 Å². The van der Waals surface area contributed by atoms with Crippen LogP contribution in [-0.4, -0.2) is 24.0 Å².